The number of carbonyl (C=O) groups is 2. The van der Waals surface area contributed by atoms with Gasteiger partial charge in [-0.1, -0.05) is 24.3 Å². The smallest absolute Gasteiger partial charge is 0.366 e. The molecular weight excluding hydrogens is 459 g/mol. The lowest BCUT2D eigenvalue weighted by Gasteiger charge is -2.25. The molecule has 0 spiro atoms. The van der Waals surface area contributed by atoms with Crippen LogP contribution in [0.3, 0.4) is 0 Å². The summed E-state index contributed by atoms with van der Waals surface area (Å²) in [5.74, 6) is -1.48. The van der Waals surface area contributed by atoms with Crippen molar-refractivity contribution >= 4 is 33.2 Å². The molecule has 33 heavy (non-hydrogen) atoms. The number of anilines is 2. The van der Waals surface area contributed by atoms with Gasteiger partial charge in [-0.2, -0.15) is 13.2 Å². The standard InChI is InChI=1S/C22H18F3N3O4S/c23-22(24,25)16-5-4-6-18(13-16)28(33(31,32)19-7-2-1-3-8-19)14-20(29)27-17-11-9-15(10-12-17)21(26)30/h1-13H,14H2,(H2,26,30)(H,27,29). The zero-order valence-electron chi connectivity index (χ0n) is 16.9. The highest BCUT2D eigenvalue weighted by Gasteiger charge is 2.33. The van der Waals surface area contributed by atoms with Crippen LogP contribution in [0.1, 0.15) is 15.9 Å². The molecule has 3 N–H and O–H groups in total. The van der Waals surface area contributed by atoms with E-state index in [0.717, 1.165) is 12.1 Å². The van der Waals surface area contributed by atoms with E-state index < -0.39 is 40.1 Å². The number of nitrogens with two attached hydrogens (primary N) is 1. The third-order valence-electron chi connectivity index (χ3n) is 4.53. The van der Waals surface area contributed by atoms with Crippen LogP contribution in [0.2, 0.25) is 0 Å². The maximum absolute atomic E-state index is 13.2. The molecule has 0 atom stereocenters. The van der Waals surface area contributed by atoms with Crippen LogP contribution in [-0.2, 0) is 21.0 Å². The number of carbonyl (C=O) groups excluding carboxylic acids is 2. The van der Waals surface area contributed by atoms with Gasteiger partial charge in [0.25, 0.3) is 10.0 Å². The van der Waals surface area contributed by atoms with Crippen LogP contribution < -0.4 is 15.4 Å². The summed E-state index contributed by atoms with van der Waals surface area (Å²) in [5, 5.41) is 2.46. The Morgan fingerprint density at radius 2 is 1.55 bits per heavy atom. The maximum atomic E-state index is 13.2. The molecule has 0 aliphatic rings. The molecular formula is C22H18F3N3O4S. The number of amides is 2. The number of halogens is 3. The van der Waals surface area contributed by atoms with E-state index in [2.05, 4.69) is 5.32 Å². The molecule has 0 radical (unpaired) electrons. The number of primary amides is 1. The van der Waals surface area contributed by atoms with Gasteiger partial charge < -0.3 is 11.1 Å². The minimum atomic E-state index is -4.71. The zero-order chi connectivity index (χ0) is 24.2. The van der Waals surface area contributed by atoms with Crippen molar-refractivity contribution in [2.24, 2.45) is 5.73 Å². The summed E-state index contributed by atoms with van der Waals surface area (Å²) in [7, 11) is -4.38. The number of alkyl halides is 3. The molecule has 0 unspecified atom stereocenters. The van der Waals surface area contributed by atoms with Gasteiger partial charge in [-0.25, -0.2) is 8.42 Å². The van der Waals surface area contributed by atoms with Gasteiger partial charge in [0.05, 0.1) is 16.1 Å². The number of sulfonamides is 1. The zero-order valence-corrected chi connectivity index (χ0v) is 17.7. The van der Waals surface area contributed by atoms with Crippen LogP contribution in [-0.4, -0.2) is 26.8 Å². The molecule has 0 aliphatic carbocycles. The largest absolute Gasteiger partial charge is 0.416 e. The molecule has 172 valence electrons. The summed E-state index contributed by atoms with van der Waals surface area (Å²) in [4.78, 5) is 23.6. The molecule has 0 bridgehead atoms. The van der Waals surface area contributed by atoms with E-state index in [0.29, 0.717) is 10.4 Å². The number of rotatable bonds is 7. The predicted octanol–water partition coefficient (Wildman–Crippen LogP) is 3.64. The first kappa shape index (κ1) is 23.8. The molecule has 0 aromatic heterocycles. The van der Waals surface area contributed by atoms with Crippen molar-refractivity contribution in [3.05, 3.63) is 90.0 Å². The Morgan fingerprint density at radius 3 is 2.12 bits per heavy atom. The molecule has 0 saturated heterocycles. The topological polar surface area (TPSA) is 110 Å². The van der Waals surface area contributed by atoms with Crippen molar-refractivity contribution in [1.29, 1.82) is 0 Å². The molecule has 3 aromatic rings. The van der Waals surface area contributed by atoms with Gasteiger partial charge in [0.2, 0.25) is 11.8 Å². The third kappa shape index (κ3) is 5.69. The lowest BCUT2D eigenvalue weighted by Crippen LogP contribution is -2.38. The Morgan fingerprint density at radius 1 is 0.909 bits per heavy atom. The fraction of sp³-hybridized carbons (Fsp3) is 0.0909. The highest BCUT2D eigenvalue weighted by atomic mass is 32.2. The minimum Gasteiger partial charge on any atom is -0.366 e. The molecule has 0 saturated carbocycles. The summed E-state index contributed by atoms with van der Waals surface area (Å²) in [6, 6.07) is 16.2. The van der Waals surface area contributed by atoms with Crippen LogP contribution in [0.5, 0.6) is 0 Å². The van der Waals surface area contributed by atoms with Gasteiger partial charge in [0.15, 0.2) is 0 Å². The van der Waals surface area contributed by atoms with Gasteiger partial charge >= 0.3 is 6.18 Å². The molecule has 0 aliphatic heterocycles. The fourth-order valence-electron chi connectivity index (χ4n) is 2.92. The molecule has 11 heteroatoms. The van der Waals surface area contributed by atoms with Gasteiger partial charge in [0.1, 0.15) is 6.54 Å². The Balaban J connectivity index is 1.95. The maximum Gasteiger partial charge on any atom is 0.416 e. The molecule has 3 rings (SSSR count). The predicted molar refractivity (Wildman–Crippen MR) is 116 cm³/mol. The van der Waals surface area contributed by atoms with Gasteiger partial charge in [0, 0.05) is 11.3 Å². The van der Waals surface area contributed by atoms with Crippen LogP contribution in [0.25, 0.3) is 0 Å². The third-order valence-corrected chi connectivity index (χ3v) is 6.32. The van der Waals surface area contributed by atoms with Crippen molar-refractivity contribution in [1.82, 2.24) is 0 Å². The Hall–Kier alpha value is -3.86. The number of hydrogen-bond donors (Lipinski definition) is 2. The highest BCUT2D eigenvalue weighted by Crippen LogP contribution is 2.33. The second kappa shape index (κ2) is 9.33. The van der Waals surface area contributed by atoms with E-state index in [1.54, 1.807) is 6.07 Å². The normalized spacial score (nSPS) is 11.6. The summed E-state index contributed by atoms with van der Waals surface area (Å²) in [5.41, 5.74) is 4.22. The Kier molecular flexibility index (Phi) is 6.73. The number of hydrogen-bond acceptors (Lipinski definition) is 4. The first-order chi connectivity index (χ1) is 15.5. The van der Waals surface area contributed by atoms with Crippen LogP contribution in [0.15, 0.2) is 83.8 Å². The Bertz CT molecular complexity index is 1260. The minimum absolute atomic E-state index is 0.193. The molecule has 7 nitrogen and oxygen atoms in total. The first-order valence-corrected chi connectivity index (χ1v) is 10.9. The number of nitrogens with one attached hydrogen (secondary N) is 1. The van der Waals surface area contributed by atoms with Crippen LogP contribution in [0, 0.1) is 0 Å². The quantitative estimate of drug-likeness (QED) is 0.541. The van der Waals surface area contributed by atoms with Crippen molar-refractivity contribution in [3.8, 4) is 0 Å². The van der Waals surface area contributed by atoms with Crippen molar-refractivity contribution < 1.29 is 31.2 Å². The molecule has 0 fully saturated rings. The van der Waals surface area contributed by atoms with Crippen molar-refractivity contribution in [2.75, 3.05) is 16.2 Å². The second-order valence-corrected chi connectivity index (χ2v) is 8.72. The van der Waals surface area contributed by atoms with E-state index in [1.807, 2.05) is 0 Å². The summed E-state index contributed by atoms with van der Waals surface area (Å²) >= 11 is 0. The van der Waals surface area contributed by atoms with E-state index >= 15 is 0 Å². The molecule has 0 heterocycles. The molecule has 3 aromatic carbocycles. The first-order valence-electron chi connectivity index (χ1n) is 9.43. The lowest BCUT2D eigenvalue weighted by atomic mass is 10.2. The second-order valence-electron chi connectivity index (χ2n) is 6.86. The summed E-state index contributed by atoms with van der Waals surface area (Å²) < 4.78 is 66.7. The van der Waals surface area contributed by atoms with Crippen LogP contribution >= 0.6 is 0 Å². The fourth-order valence-corrected chi connectivity index (χ4v) is 4.35. The van der Waals surface area contributed by atoms with E-state index in [4.69, 9.17) is 5.73 Å². The monoisotopic (exact) mass is 477 g/mol. The van der Waals surface area contributed by atoms with Gasteiger partial charge in [-0.05, 0) is 54.6 Å². The summed E-state index contributed by atoms with van der Waals surface area (Å²) in [6.07, 6.45) is -4.71. The van der Waals surface area contributed by atoms with E-state index in [-0.39, 0.29) is 21.8 Å². The lowest BCUT2D eigenvalue weighted by molar-refractivity contribution is -0.137. The average molecular weight is 477 g/mol. The van der Waals surface area contributed by atoms with Gasteiger partial charge in [-0.15, -0.1) is 0 Å². The number of benzene rings is 3. The van der Waals surface area contributed by atoms with E-state index in [1.165, 1.54) is 54.6 Å². The van der Waals surface area contributed by atoms with Crippen molar-refractivity contribution in [3.63, 3.8) is 0 Å². The molecule has 2 amide bonds. The average Bonchev–Trinajstić information content (AvgIpc) is 2.78. The SMILES string of the molecule is NC(=O)c1ccc(NC(=O)CN(c2cccc(C(F)(F)F)c2)S(=O)(=O)c2ccccc2)cc1. The number of nitrogens with zero attached hydrogens (tertiary/aromatic N) is 1. The summed E-state index contributed by atoms with van der Waals surface area (Å²) in [6.45, 7) is -0.796. The Labute approximate surface area is 187 Å². The highest BCUT2D eigenvalue weighted by molar-refractivity contribution is 7.92. The van der Waals surface area contributed by atoms with Gasteiger partial charge in [-0.3, -0.25) is 13.9 Å². The van der Waals surface area contributed by atoms with Crippen LogP contribution in [0.4, 0.5) is 24.5 Å². The van der Waals surface area contributed by atoms with Crippen molar-refractivity contribution in [2.45, 2.75) is 11.1 Å². The van der Waals surface area contributed by atoms with E-state index in [9.17, 15) is 31.2 Å².